The Morgan fingerprint density at radius 3 is 2.78 bits per heavy atom. The Hall–Kier alpha value is -0.900. The first-order valence-corrected chi connectivity index (χ1v) is 6.74. The van der Waals surface area contributed by atoms with Gasteiger partial charge in [-0.25, -0.2) is 0 Å². The smallest absolute Gasteiger partial charge is 0.0594 e. The van der Waals surface area contributed by atoms with Crippen LogP contribution < -0.4 is 5.73 Å². The zero-order chi connectivity index (χ0) is 12.8. The molecular formula is C15H23NO2. The van der Waals surface area contributed by atoms with Crippen molar-refractivity contribution >= 4 is 0 Å². The molecule has 1 heterocycles. The molecule has 1 aliphatic rings. The predicted octanol–water partition coefficient (Wildman–Crippen LogP) is 2.44. The van der Waals surface area contributed by atoms with Crippen LogP contribution >= 0.6 is 0 Å². The van der Waals surface area contributed by atoms with Gasteiger partial charge in [-0.3, -0.25) is 0 Å². The van der Waals surface area contributed by atoms with Crippen LogP contribution in [0, 0.1) is 0 Å². The first-order chi connectivity index (χ1) is 8.79. The second-order valence-corrected chi connectivity index (χ2v) is 4.96. The summed E-state index contributed by atoms with van der Waals surface area (Å²) in [6, 6.07) is 8.63. The predicted molar refractivity (Wildman–Crippen MR) is 72.5 cm³/mol. The first-order valence-electron chi connectivity index (χ1n) is 6.74. The molecule has 0 bridgehead atoms. The third kappa shape index (κ3) is 3.80. The summed E-state index contributed by atoms with van der Waals surface area (Å²) in [4.78, 5) is 0. The molecular weight excluding hydrogens is 226 g/mol. The van der Waals surface area contributed by atoms with E-state index in [2.05, 4.69) is 24.3 Å². The van der Waals surface area contributed by atoms with Crippen LogP contribution in [0.15, 0.2) is 24.3 Å². The number of hydrogen-bond acceptors (Lipinski definition) is 3. The Morgan fingerprint density at radius 1 is 1.39 bits per heavy atom. The van der Waals surface area contributed by atoms with E-state index >= 15 is 0 Å². The average molecular weight is 249 g/mol. The van der Waals surface area contributed by atoms with Crippen molar-refractivity contribution in [3.05, 3.63) is 35.4 Å². The van der Waals surface area contributed by atoms with Gasteiger partial charge in [-0.05, 0) is 36.8 Å². The lowest BCUT2D eigenvalue weighted by atomic mass is 9.98. The molecule has 1 fully saturated rings. The molecule has 0 amide bonds. The normalized spacial score (nSPS) is 21.1. The van der Waals surface area contributed by atoms with E-state index in [4.69, 9.17) is 15.2 Å². The maximum atomic E-state index is 6.22. The van der Waals surface area contributed by atoms with Gasteiger partial charge in [-0.1, -0.05) is 24.3 Å². The number of benzene rings is 1. The second kappa shape index (κ2) is 6.88. The molecule has 2 unspecified atom stereocenters. The highest BCUT2D eigenvalue weighted by Gasteiger charge is 2.19. The van der Waals surface area contributed by atoms with Gasteiger partial charge >= 0.3 is 0 Å². The van der Waals surface area contributed by atoms with Crippen molar-refractivity contribution in [2.24, 2.45) is 5.73 Å². The van der Waals surface area contributed by atoms with E-state index in [0.717, 1.165) is 32.5 Å². The lowest BCUT2D eigenvalue weighted by molar-refractivity contribution is 0.0983. The molecule has 100 valence electrons. The molecule has 1 aromatic rings. The minimum absolute atomic E-state index is 0.0876. The highest BCUT2D eigenvalue weighted by Crippen LogP contribution is 2.23. The summed E-state index contributed by atoms with van der Waals surface area (Å²) < 4.78 is 10.7. The van der Waals surface area contributed by atoms with Crippen LogP contribution in [0.1, 0.15) is 36.4 Å². The molecule has 0 aromatic heterocycles. The average Bonchev–Trinajstić information content (AvgIpc) is 2.89. The van der Waals surface area contributed by atoms with Crippen molar-refractivity contribution < 1.29 is 9.47 Å². The summed E-state index contributed by atoms with van der Waals surface area (Å²) in [6.07, 6.45) is 4.57. The van der Waals surface area contributed by atoms with Crippen molar-refractivity contribution in [1.82, 2.24) is 0 Å². The second-order valence-electron chi connectivity index (χ2n) is 4.96. The molecule has 1 saturated heterocycles. The molecule has 3 nitrogen and oxygen atoms in total. The van der Waals surface area contributed by atoms with Crippen LogP contribution in [-0.2, 0) is 15.9 Å². The molecule has 18 heavy (non-hydrogen) atoms. The fourth-order valence-electron chi connectivity index (χ4n) is 2.40. The summed E-state index contributed by atoms with van der Waals surface area (Å²) in [7, 11) is 1.73. The Balaban J connectivity index is 1.87. The molecule has 0 saturated carbocycles. The Bertz CT molecular complexity index is 344. The van der Waals surface area contributed by atoms with Gasteiger partial charge in [0, 0.05) is 19.8 Å². The van der Waals surface area contributed by atoms with Crippen molar-refractivity contribution in [2.45, 2.75) is 37.8 Å². The van der Waals surface area contributed by atoms with E-state index in [9.17, 15) is 0 Å². The van der Waals surface area contributed by atoms with E-state index in [1.807, 2.05) is 0 Å². The number of nitrogens with two attached hydrogens (primary N) is 1. The summed E-state index contributed by atoms with van der Waals surface area (Å²) in [5.74, 6) is 0. The number of rotatable bonds is 6. The molecule has 0 radical (unpaired) electrons. The molecule has 2 N–H and O–H groups in total. The monoisotopic (exact) mass is 249 g/mol. The van der Waals surface area contributed by atoms with Crippen LogP contribution in [0.25, 0.3) is 0 Å². The van der Waals surface area contributed by atoms with Gasteiger partial charge in [-0.15, -0.1) is 0 Å². The largest absolute Gasteiger partial charge is 0.384 e. The van der Waals surface area contributed by atoms with E-state index in [-0.39, 0.29) is 6.04 Å². The van der Waals surface area contributed by atoms with Crippen molar-refractivity contribution in [3.63, 3.8) is 0 Å². The van der Waals surface area contributed by atoms with E-state index in [1.165, 1.54) is 17.5 Å². The Labute approximate surface area is 109 Å². The third-order valence-corrected chi connectivity index (χ3v) is 3.54. The maximum absolute atomic E-state index is 6.22. The van der Waals surface area contributed by atoms with Gasteiger partial charge in [0.05, 0.1) is 12.7 Å². The number of ether oxygens (including phenoxy) is 2. The van der Waals surface area contributed by atoms with Gasteiger partial charge in [0.25, 0.3) is 0 Å². The van der Waals surface area contributed by atoms with Crippen molar-refractivity contribution in [1.29, 1.82) is 0 Å². The minimum Gasteiger partial charge on any atom is -0.384 e. The lowest BCUT2D eigenvalue weighted by Gasteiger charge is -2.16. The standard InChI is InChI=1S/C15H23NO2/c1-17-10-8-12-4-6-13(7-5-12)15(16)11-14-3-2-9-18-14/h4-7,14-15H,2-3,8-11,16H2,1H3. The number of hydrogen-bond donors (Lipinski definition) is 1. The Kier molecular flexibility index (Phi) is 5.17. The van der Waals surface area contributed by atoms with Crippen LogP contribution in [0.5, 0.6) is 0 Å². The van der Waals surface area contributed by atoms with Gasteiger partial charge in [-0.2, -0.15) is 0 Å². The van der Waals surface area contributed by atoms with Crippen LogP contribution in [0.2, 0.25) is 0 Å². The summed E-state index contributed by atoms with van der Waals surface area (Å²) >= 11 is 0. The number of methoxy groups -OCH3 is 1. The van der Waals surface area contributed by atoms with E-state index < -0.39 is 0 Å². The zero-order valence-electron chi connectivity index (χ0n) is 11.1. The summed E-state index contributed by atoms with van der Waals surface area (Å²) in [5.41, 5.74) is 8.72. The molecule has 3 heteroatoms. The van der Waals surface area contributed by atoms with Crippen LogP contribution in [-0.4, -0.2) is 26.4 Å². The molecule has 2 atom stereocenters. The molecule has 0 aliphatic carbocycles. The fourth-order valence-corrected chi connectivity index (χ4v) is 2.40. The topological polar surface area (TPSA) is 44.5 Å². The minimum atomic E-state index is 0.0876. The van der Waals surface area contributed by atoms with Gasteiger partial charge < -0.3 is 15.2 Å². The zero-order valence-corrected chi connectivity index (χ0v) is 11.1. The van der Waals surface area contributed by atoms with E-state index in [1.54, 1.807) is 7.11 Å². The molecule has 1 aliphatic heterocycles. The highest BCUT2D eigenvalue weighted by atomic mass is 16.5. The van der Waals surface area contributed by atoms with Crippen LogP contribution in [0.3, 0.4) is 0 Å². The SMILES string of the molecule is COCCc1ccc(C(N)CC2CCCO2)cc1. The van der Waals surface area contributed by atoms with Crippen molar-refractivity contribution in [3.8, 4) is 0 Å². The van der Waals surface area contributed by atoms with Crippen molar-refractivity contribution in [2.75, 3.05) is 20.3 Å². The first kappa shape index (κ1) is 13.5. The molecule has 2 rings (SSSR count). The summed E-state index contributed by atoms with van der Waals surface area (Å²) in [6.45, 7) is 1.66. The quantitative estimate of drug-likeness (QED) is 0.842. The summed E-state index contributed by atoms with van der Waals surface area (Å²) in [5, 5.41) is 0. The maximum Gasteiger partial charge on any atom is 0.0594 e. The molecule has 1 aromatic carbocycles. The fraction of sp³-hybridized carbons (Fsp3) is 0.600. The molecule has 0 spiro atoms. The lowest BCUT2D eigenvalue weighted by Crippen LogP contribution is -2.18. The third-order valence-electron chi connectivity index (χ3n) is 3.54. The van der Waals surface area contributed by atoms with Gasteiger partial charge in [0.2, 0.25) is 0 Å². The Morgan fingerprint density at radius 2 is 2.17 bits per heavy atom. The van der Waals surface area contributed by atoms with Gasteiger partial charge in [0.1, 0.15) is 0 Å². The van der Waals surface area contributed by atoms with Crippen LogP contribution in [0.4, 0.5) is 0 Å². The van der Waals surface area contributed by atoms with E-state index in [0.29, 0.717) is 6.10 Å². The highest BCUT2D eigenvalue weighted by molar-refractivity contribution is 5.25. The van der Waals surface area contributed by atoms with Gasteiger partial charge in [0.15, 0.2) is 0 Å².